The van der Waals surface area contributed by atoms with Gasteiger partial charge in [0.15, 0.2) is 0 Å². The molecule has 6 heteroatoms. The number of nitrogens with zero attached hydrogens (tertiary/aromatic N) is 3. The average molecular weight is 402 g/mol. The molecule has 1 N–H and O–H groups in total. The summed E-state index contributed by atoms with van der Waals surface area (Å²) in [6.07, 6.45) is 3.34. The minimum atomic E-state index is -0.0730. The third kappa shape index (κ3) is 5.36. The van der Waals surface area contributed by atoms with E-state index in [1.807, 2.05) is 53.4 Å². The van der Waals surface area contributed by atoms with Gasteiger partial charge in [0.2, 0.25) is 0 Å². The lowest BCUT2D eigenvalue weighted by Gasteiger charge is -2.34. The van der Waals surface area contributed by atoms with Gasteiger partial charge < -0.3 is 15.0 Å². The molecule has 30 heavy (non-hydrogen) atoms. The van der Waals surface area contributed by atoms with Crippen molar-refractivity contribution in [3.8, 4) is 11.5 Å². The van der Waals surface area contributed by atoms with Gasteiger partial charge in [0.25, 0.3) is 0 Å². The highest BCUT2D eigenvalue weighted by Gasteiger charge is 2.21. The molecule has 154 valence electrons. The second kappa shape index (κ2) is 9.41. The normalized spacial score (nSPS) is 14.4. The lowest BCUT2D eigenvalue weighted by atomic mass is 10.2. The van der Waals surface area contributed by atoms with E-state index in [1.54, 1.807) is 12.4 Å². The number of carbonyl (C=O) groups is 1. The highest BCUT2D eigenvalue weighted by molar-refractivity contribution is 5.89. The smallest absolute Gasteiger partial charge is 0.321 e. The Balaban J connectivity index is 1.28. The van der Waals surface area contributed by atoms with E-state index in [9.17, 15) is 4.79 Å². The Hall–Kier alpha value is -3.38. The van der Waals surface area contributed by atoms with Crippen LogP contribution >= 0.6 is 0 Å². The predicted octanol–water partition coefficient (Wildman–Crippen LogP) is 4.53. The highest BCUT2D eigenvalue weighted by Crippen LogP contribution is 2.23. The van der Waals surface area contributed by atoms with Crippen LogP contribution in [0.15, 0.2) is 73.1 Å². The number of amides is 2. The van der Waals surface area contributed by atoms with Crippen LogP contribution in [0, 0.1) is 6.92 Å². The molecule has 1 aliphatic heterocycles. The molecular weight excluding hydrogens is 376 g/mol. The number of pyridine rings is 1. The molecule has 0 radical (unpaired) electrons. The molecule has 1 aliphatic rings. The standard InChI is InChI=1S/C24H26N4O2/c1-19-7-9-22(10-8-19)30-23-6-2-4-20(16-23)18-27-12-14-28(15-13-27)24(29)26-21-5-3-11-25-17-21/h2-11,16-17H,12-15,18H2,1H3,(H,26,29). The average Bonchev–Trinajstić information content (AvgIpc) is 2.77. The summed E-state index contributed by atoms with van der Waals surface area (Å²) in [5.41, 5.74) is 3.13. The number of nitrogens with one attached hydrogen (secondary N) is 1. The first kappa shape index (κ1) is 19.9. The monoisotopic (exact) mass is 402 g/mol. The number of urea groups is 1. The van der Waals surface area contributed by atoms with Crippen LogP contribution in [0.2, 0.25) is 0 Å². The predicted molar refractivity (Wildman–Crippen MR) is 118 cm³/mol. The first-order valence-corrected chi connectivity index (χ1v) is 10.2. The largest absolute Gasteiger partial charge is 0.457 e. The highest BCUT2D eigenvalue weighted by atomic mass is 16.5. The molecule has 0 spiro atoms. The Bertz CT molecular complexity index is 968. The third-order valence-electron chi connectivity index (χ3n) is 5.13. The minimum Gasteiger partial charge on any atom is -0.457 e. The van der Waals surface area contributed by atoms with Crippen molar-refractivity contribution in [3.05, 3.63) is 84.2 Å². The zero-order valence-electron chi connectivity index (χ0n) is 17.1. The summed E-state index contributed by atoms with van der Waals surface area (Å²) in [5.74, 6) is 1.68. The fraction of sp³-hybridized carbons (Fsp3) is 0.250. The van der Waals surface area contributed by atoms with Crippen molar-refractivity contribution in [3.63, 3.8) is 0 Å². The molecule has 6 nitrogen and oxygen atoms in total. The van der Waals surface area contributed by atoms with E-state index in [0.717, 1.165) is 36.8 Å². The van der Waals surface area contributed by atoms with Crippen molar-refractivity contribution < 1.29 is 9.53 Å². The molecule has 3 aromatic rings. The van der Waals surface area contributed by atoms with E-state index < -0.39 is 0 Å². The molecule has 1 saturated heterocycles. The van der Waals surface area contributed by atoms with Crippen molar-refractivity contribution >= 4 is 11.7 Å². The lowest BCUT2D eigenvalue weighted by Crippen LogP contribution is -2.49. The molecule has 1 fully saturated rings. The molecular formula is C24H26N4O2. The number of aromatic nitrogens is 1. The van der Waals surface area contributed by atoms with E-state index in [-0.39, 0.29) is 6.03 Å². The van der Waals surface area contributed by atoms with Gasteiger partial charge >= 0.3 is 6.03 Å². The number of hydrogen-bond acceptors (Lipinski definition) is 4. The zero-order valence-corrected chi connectivity index (χ0v) is 17.1. The van der Waals surface area contributed by atoms with Crippen LogP contribution in [-0.4, -0.2) is 47.0 Å². The SMILES string of the molecule is Cc1ccc(Oc2cccc(CN3CCN(C(=O)Nc4cccnc4)CC3)c2)cc1. The van der Waals surface area contributed by atoms with Crippen molar-refractivity contribution in [1.82, 2.24) is 14.8 Å². The summed E-state index contributed by atoms with van der Waals surface area (Å²) < 4.78 is 5.98. The second-order valence-corrected chi connectivity index (χ2v) is 7.50. The second-order valence-electron chi connectivity index (χ2n) is 7.50. The fourth-order valence-electron chi connectivity index (χ4n) is 3.46. The number of ether oxygens (including phenoxy) is 1. The first-order valence-electron chi connectivity index (χ1n) is 10.2. The van der Waals surface area contributed by atoms with Gasteiger partial charge in [-0.2, -0.15) is 0 Å². The van der Waals surface area contributed by atoms with Crippen molar-refractivity contribution in [1.29, 1.82) is 0 Å². The summed E-state index contributed by atoms with van der Waals surface area (Å²) in [6, 6.07) is 19.8. The van der Waals surface area contributed by atoms with E-state index in [1.165, 1.54) is 11.1 Å². The van der Waals surface area contributed by atoms with E-state index in [2.05, 4.69) is 34.3 Å². The van der Waals surface area contributed by atoms with Crippen LogP contribution in [0.1, 0.15) is 11.1 Å². The van der Waals surface area contributed by atoms with Gasteiger partial charge in [-0.15, -0.1) is 0 Å². The number of benzene rings is 2. The molecule has 1 aromatic heterocycles. The van der Waals surface area contributed by atoms with Crippen molar-refractivity contribution in [2.24, 2.45) is 0 Å². The van der Waals surface area contributed by atoms with Gasteiger partial charge in [0.05, 0.1) is 11.9 Å². The Morgan fingerprint density at radius 1 is 1.00 bits per heavy atom. The molecule has 2 amide bonds. The number of anilines is 1. The van der Waals surface area contributed by atoms with Gasteiger partial charge in [0.1, 0.15) is 11.5 Å². The minimum absolute atomic E-state index is 0.0730. The van der Waals surface area contributed by atoms with E-state index >= 15 is 0 Å². The maximum atomic E-state index is 12.4. The van der Waals surface area contributed by atoms with Crippen molar-refractivity contribution in [2.75, 3.05) is 31.5 Å². The van der Waals surface area contributed by atoms with Gasteiger partial charge in [0, 0.05) is 38.9 Å². The van der Waals surface area contributed by atoms with Gasteiger partial charge in [-0.25, -0.2) is 4.79 Å². The Kier molecular flexibility index (Phi) is 6.25. The van der Waals surface area contributed by atoms with Crippen LogP contribution in [0.25, 0.3) is 0 Å². The van der Waals surface area contributed by atoms with Gasteiger partial charge in [-0.05, 0) is 48.9 Å². The third-order valence-corrected chi connectivity index (χ3v) is 5.13. The number of piperazine rings is 1. The molecule has 0 atom stereocenters. The molecule has 0 bridgehead atoms. The number of rotatable bonds is 5. The Morgan fingerprint density at radius 2 is 1.80 bits per heavy atom. The summed E-state index contributed by atoms with van der Waals surface area (Å²) in [7, 11) is 0. The molecule has 0 unspecified atom stereocenters. The molecule has 0 saturated carbocycles. The quantitative estimate of drug-likeness (QED) is 0.681. The Labute approximate surface area is 177 Å². The summed E-state index contributed by atoms with van der Waals surface area (Å²) in [5, 5.41) is 2.90. The summed E-state index contributed by atoms with van der Waals surface area (Å²) in [4.78, 5) is 20.7. The molecule has 2 heterocycles. The molecule has 2 aromatic carbocycles. The maximum Gasteiger partial charge on any atom is 0.321 e. The Morgan fingerprint density at radius 3 is 2.53 bits per heavy atom. The van der Waals surface area contributed by atoms with Crippen molar-refractivity contribution in [2.45, 2.75) is 13.5 Å². The summed E-state index contributed by atoms with van der Waals surface area (Å²) in [6.45, 7) is 5.97. The fourth-order valence-corrected chi connectivity index (χ4v) is 3.46. The van der Waals surface area contributed by atoms with Crippen LogP contribution < -0.4 is 10.1 Å². The topological polar surface area (TPSA) is 57.7 Å². The molecule has 0 aliphatic carbocycles. The lowest BCUT2D eigenvalue weighted by molar-refractivity contribution is 0.143. The van der Waals surface area contributed by atoms with Gasteiger partial charge in [-0.1, -0.05) is 29.8 Å². The zero-order chi connectivity index (χ0) is 20.8. The maximum absolute atomic E-state index is 12.4. The van der Waals surface area contributed by atoms with E-state index in [4.69, 9.17) is 4.74 Å². The molecule has 4 rings (SSSR count). The van der Waals surface area contributed by atoms with Crippen LogP contribution in [-0.2, 0) is 6.54 Å². The van der Waals surface area contributed by atoms with E-state index in [0.29, 0.717) is 13.1 Å². The number of carbonyl (C=O) groups excluding carboxylic acids is 1. The van der Waals surface area contributed by atoms with Crippen LogP contribution in [0.3, 0.4) is 0 Å². The van der Waals surface area contributed by atoms with Crippen LogP contribution in [0.4, 0.5) is 10.5 Å². The summed E-state index contributed by atoms with van der Waals surface area (Å²) >= 11 is 0. The first-order chi connectivity index (χ1) is 14.7. The number of aryl methyl sites for hydroxylation is 1. The number of hydrogen-bond donors (Lipinski definition) is 1. The van der Waals surface area contributed by atoms with Crippen LogP contribution in [0.5, 0.6) is 11.5 Å². The van der Waals surface area contributed by atoms with Gasteiger partial charge in [-0.3, -0.25) is 9.88 Å².